The molecule has 0 saturated heterocycles. The maximum Gasteiger partial charge on any atom is 0.338 e. The van der Waals surface area contributed by atoms with Crippen molar-refractivity contribution in [3.8, 4) is 0 Å². The van der Waals surface area contributed by atoms with E-state index in [0.29, 0.717) is 23.5 Å². The summed E-state index contributed by atoms with van der Waals surface area (Å²) in [6.07, 6.45) is 9.97. The molecule has 0 aromatic heterocycles. The Balaban J connectivity index is 1.17. The maximum atomic E-state index is 13.8. The fourth-order valence-corrected chi connectivity index (χ4v) is 7.72. The summed E-state index contributed by atoms with van der Waals surface area (Å²) in [7, 11) is 0. The van der Waals surface area contributed by atoms with E-state index in [1.807, 2.05) is 103 Å². The molecule has 1 aliphatic heterocycles. The summed E-state index contributed by atoms with van der Waals surface area (Å²) in [5.74, 6) is -0.587. The predicted molar refractivity (Wildman–Crippen MR) is 191 cm³/mol. The number of urea groups is 1. The SMILES string of the molecule is CCCCOC(=O)c1ccc(NC(=O)C(Sc2cccc(NC(=O)N3c4ccccc4SC4C=CC=CC43)c2)c2ccccc2)cc1. The van der Waals surface area contributed by atoms with Crippen molar-refractivity contribution >= 4 is 58.5 Å². The first kappa shape index (κ1) is 32.2. The van der Waals surface area contributed by atoms with E-state index in [9.17, 15) is 14.4 Å². The number of hydrogen-bond donors (Lipinski definition) is 2. The highest BCUT2D eigenvalue weighted by molar-refractivity contribution is 8.00. The van der Waals surface area contributed by atoms with Crippen LogP contribution in [0.3, 0.4) is 0 Å². The minimum Gasteiger partial charge on any atom is -0.462 e. The number of hydrogen-bond acceptors (Lipinski definition) is 6. The van der Waals surface area contributed by atoms with Gasteiger partial charge in [0, 0.05) is 21.2 Å². The number of carbonyl (C=O) groups excluding carboxylic acids is 3. The fraction of sp³-hybridized carbons (Fsp3) is 0.184. The molecule has 0 fully saturated rings. The van der Waals surface area contributed by atoms with Crippen molar-refractivity contribution in [2.45, 2.75) is 46.1 Å². The van der Waals surface area contributed by atoms with Gasteiger partial charge in [-0.05, 0) is 66.6 Å². The molecule has 1 heterocycles. The molecule has 4 aromatic rings. The minimum atomic E-state index is -0.577. The standard InChI is InChI=1S/C38H35N3O4S2/c1-2-3-24-45-37(43)27-20-22-28(23-21-27)39-36(42)35(26-12-5-4-6-13-26)46-30-15-11-14-29(25-30)40-38(44)41-31-16-7-9-18-33(31)47-34-19-10-8-17-32(34)41/h4-23,25,31,33,35H,2-3,24H2,1H3,(H,39,42)(H,40,44). The van der Waals surface area contributed by atoms with Crippen molar-refractivity contribution in [2.24, 2.45) is 0 Å². The third-order valence-electron chi connectivity index (χ3n) is 7.76. The average molecular weight is 662 g/mol. The molecule has 4 aromatic carbocycles. The first-order chi connectivity index (χ1) is 23.0. The van der Waals surface area contributed by atoms with Crippen molar-refractivity contribution in [1.82, 2.24) is 0 Å². The second kappa shape index (κ2) is 15.2. The molecule has 9 heteroatoms. The van der Waals surface area contributed by atoms with Crippen LogP contribution in [0.15, 0.2) is 137 Å². The maximum absolute atomic E-state index is 13.8. The lowest BCUT2D eigenvalue weighted by atomic mass is 10.1. The van der Waals surface area contributed by atoms with Crippen molar-refractivity contribution in [3.05, 3.63) is 139 Å². The summed E-state index contributed by atoms with van der Waals surface area (Å²) in [6.45, 7) is 2.42. The molecule has 2 aliphatic rings. The number of esters is 1. The van der Waals surface area contributed by atoms with Gasteiger partial charge < -0.3 is 15.4 Å². The first-order valence-electron chi connectivity index (χ1n) is 15.6. The highest BCUT2D eigenvalue weighted by atomic mass is 32.2. The Morgan fingerprint density at radius 2 is 1.62 bits per heavy atom. The van der Waals surface area contributed by atoms with E-state index in [1.165, 1.54) is 11.8 Å². The number of benzene rings is 4. The number of amides is 3. The first-order valence-corrected chi connectivity index (χ1v) is 17.4. The zero-order valence-electron chi connectivity index (χ0n) is 25.9. The number of fused-ring (bicyclic) bond motifs is 2. The van der Waals surface area contributed by atoms with Crippen LogP contribution < -0.4 is 15.5 Å². The molecule has 3 atom stereocenters. The Kier molecular flexibility index (Phi) is 10.4. The summed E-state index contributed by atoms with van der Waals surface area (Å²) in [5.41, 5.74) is 3.36. The number of rotatable bonds is 10. The van der Waals surface area contributed by atoms with Crippen LogP contribution in [-0.4, -0.2) is 35.8 Å². The molecule has 7 nitrogen and oxygen atoms in total. The number of ether oxygens (including phenoxy) is 1. The lowest BCUT2D eigenvalue weighted by molar-refractivity contribution is -0.115. The minimum absolute atomic E-state index is 0.107. The van der Waals surface area contributed by atoms with Crippen LogP contribution in [0.2, 0.25) is 0 Å². The topological polar surface area (TPSA) is 87.7 Å². The Hall–Kier alpha value is -4.73. The summed E-state index contributed by atoms with van der Waals surface area (Å²) >= 11 is 3.16. The van der Waals surface area contributed by atoms with Crippen molar-refractivity contribution in [1.29, 1.82) is 0 Å². The number of thioether (sulfide) groups is 2. The van der Waals surface area contributed by atoms with Crippen LogP contribution in [0.4, 0.5) is 21.9 Å². The van der Waals surface area contributed by atoms with Gasteiger partial charge in [-0.15, -0.1) is 23.5 Å². The summed E-state index contributed by atoms with van der Waals surface area (Å²) in [6, 6.07) is 31.5. The van der Waals surface area contributed by atoms with Crippen LogP contribution in [0.5, 0.6) is 0 Å². The quantitative estimate of drug-likeness (QED) is 0.100. The van der Waals surface area contributed by atoms with Gasteiger partial charge in [-0.3, -0.25) is 9.69 Å². The van der Waals surface area contributed by atoms with Gasteiger partial charge in [0.25, 0.3) is 0 Å². The molecular formula is C38H35N3O4S2. The Labute approximate surface area is 283 Å². The predicted octanol–water partition coefficient (Wildman–Crippen LogP) is 9.12. The number of para-hydroxylation sites is 1. The van der Waals surface area contributed by atoms with Crippen LogP contribution in [0.25, 0.3) is 0 Å². The van der Waals surface area contributed by atoms with Crippen LogP contribution in [-0.2, 0) is 9.53 Å². The van der Waals surface area contributed by atoms with E-state index in [1.54, 1.807) is 36.0 Å². The smallest absolute Gasteiger partial charge is 0.338 e. The normalized spacial score (nSPS) is 16.8. The van der Waals surface area contributed by atoms with Gasteiger partial charge in [-0.25, -0.2) is 9.59 Å². The van der Waals surface area contributed by atoms with E-state index in [4.69, 9.17) is 4.74 Å². The number of unbranched alkanes of at least 4 members (excludes halogenated alkanes) is 1. The number of carbonyl (C=O) groups is 3. The van der Waals surface area contributed by atoms with Crippen LogP contribution >= 0.6 is 23.5 Å². The number of nitrogens with one attached hydrogen (secondary N) is 2. The van der Waals surface area contributed by atoms with Gasteiger partial charge >= 0.3 is 12.0 Å². The number of anilines is 3. The molecular weight excluding hydrogens is 627 g/mol. The monoisotopic (exact) mass is 661 g/mol. The third kappa shape index (κ3) is 7.81. The summed E-state index contributed by atoms with van der Waals surface area (Å²) in [5, 5.41) is 5.66. The lowest BCUT2D eigenvalue weighted by Crippen LogP contribution is -2.49. The van der Waals surface area contributed by atoms with E-state index >= 15 is 0 Å². The molecule has 47 heavy (non-hydrogen) atoms. The van der Waals surface area contributed by atoms with E-state index in [-0.39, 0.29) is 29.2 Å². The molecule has 3 unspecified atom stereocenters. The van der Waals surface area contributed by atoms with E-state index < -0.39 is 5.25 Å². The second-order valence-electron chi connectivity index (χ2n) is 11.1. The summed E-state index contributed by atoms with van der Waals surface area (Å²) in [4.78, 5) is 43.6. The lowest BCUT2D eigenvalue weighted by Gasteiger charge is -2.40. The molecule has 0 spiro atoms. The van der Waals surface area contributed by atoms with Crippen LogP contribution in [0.1, 0.15) is 40.9 Å². The van der Waals surface area contributed by atoms with E-state index in [2.05, 4.69) is 22.8 Å². The van der Waals surface area contributed by atoms with Gasteiger partial charge in [0.1, 0.15) is 5.25 Å². The fourth-order valence-electron chi connectivity index (χ4n) is 5.38. The highest BCUT2D eigenvalue weighted by Gasteiger charge is 2.36. The average Bonchev–Trinajstić information content (AvgIpc) is 3.10. The van der Waals surface area contributed by atoms with Gasteiger partial charge in [0.2, 0.25) is 5.91 Å². The number of allylic oxidation sites excluding steroid dienone is 2. The Morgan fingerprint density at radius 1 is 0.851 bits per heavy atom. The molecule has 238 valence electrons. The van der Waals surface area contributed by atoms with Gasteiger partial charge in [0.15, 0.2) is 0 Å². The van der Waals surface area contributed by atoms with Crippen molar-refractivity contribution in [2.75, 3.05) is 22.1 Å². The molecule has 3 amide bonds. The molecule has 0 saturated carbocycles. The van der Waals surface area contributed by atoms with Gasteiger partial charge in [-0.1, -0.05) is 86.2 Å². The Bertz CT molecular complexity index is 1790. The number of nitrogens with zero attached hydrogens (tertiary/aromatic N) is 1. The third-order valence-corrected chi connectivity index (χ3v) is 10.3. The molecule has 0 radical (unpaired) electrons. The Morgan fingerprint density at radius 3 is 2.43 bits per heavy atom. The van der Waals surface area contributed by atoms with E-state index in [0.717, 1.165) is 33.9 Å². The molecule has 1 aliphatic carbocycles. The summed E-state index contributed by atoms with van der Waals surface area (Å²) < 4.78 is 5.29. The van der Waals surface area contributed by atoms with Gasteiger partial charge in [-0.2, -0.15) is 0 Å². The molecule has 6 rings (SSSR count). The second-order valence-corrected chi connectivity index (χ2v) is 13.5. The zero-order valence-corrected chi connectivity index (χ0v) is 27.5. The zero-order chi connectivity index (χ0) is 32.6. The van der Waals surface area contributed by atoms with Crippen molar-refractivity contribution < 1.29 is 19.1 Å². The van der Waals surface area contributed by atoms with Crippen LogP contribution in [0, 0.1) is 0 Å². The van der Waals surface area contributed by atoms with Crippen molar-refractivity contribution in [3.63, 3.8) is 0 Å². The molecule has 2 N–H and O–H groups in total. The highest BCUT2D eigenvalue weighted by Crippen LogP contribution is 2.44. The van der Waals surface area contributed by atoms with Gasteiger partial charge in [0.05, 0.1) is 29.1 Å². The molecule has 0 bridgehead atoms. The largest absolute Gasteiger partial charge is 0.462 e.